The van der Waals surface area contributed by atoms with E-state index in [9.17, 15) is 9.59 Å². The highest BCUT2D eigenvalue weighted by Gasteiger charge is 2.24. The van der Waals surface area contributed by atoms with Crippen molar-refractivity contribution >= 4 is 39.1 Å². The summed E-state index contributed by atoms with van der Waals surface area (Å²) >= 11 is 3.47. The second-order valence-electron chi connectivity index (χ2n) is 6.85. The van der Waals surface area contributed by atoms with Crippen LogP contribution < -0.4 is 10.6 Å². The average Bonchev–Trinajstić information content (AvgIpc) is 3.28. The van der Waals surface area contributed by atoms with Gasteiger partial charge < -0.3 is 10.6 Å². The molecule has 0 bridgehead atoms. The SMILES string of the molecule is Cc1nn(C(C)C(=O)Nc2cnn(C)c2C(=O)Nc2cnn(C)c2C)c(C)c1Br. The van der Waals surface area contributed by atoms with Gasteiger partial charge in [-0.05, 0) is 43.6 Å². The Morgan fingerprint density at radius 3 is 2.17 bits per heavy atom. The van der Waals surface area contributed by atoms with E-state index in [1.165, 1.54) is 10.9 Å². The van der Waals surface area contributed by atoms with Gasteiger partial charge in [-0.15, -0.1) is 0 Å². The van der Waals surface area contributed by atoms with Crippen molar-refractivity contribution in [3.8, 4) is 0 Å². The van der Waals surface area contributed by atoms with Crippen molar-refractivity contribution in [1.29, 1.82) is 0 Å². The number of nitrogens with one attached hydrogen (secondary N) is 2. The molecule has 0 saturated carbocycles. The first kappa shape index (κ1) is 20.8. The number of halogens is 1. The van der Waals surface area contributed by atoms with Crippen LogP contribution in [0.25, 0.3) is 0 Å². The molecule has 11 heteroatoms. The molecule has 0 fully saturated rings. The number of rotatable bonds is 5. The van der Waals surface area contributed by atoms with Gasteiger partial charge in [-0.1, -0.05) is 0 Å². The fraction of sp³-hybridized carbons (Fsp3) is 0.389. The summed E-state index contributed by atoms with van der Waals surface area (Å²) in [5, 5.41) is 18.2. The maximum atomic E-state index is 12.8. The Morgan fingerprint density at radius 2 is 1.62 bits per heavy atom. The number of hydrogen-bond donors (Lipinski definition) is 2. The third-order valence-corrected chi connectivity index (χ3v) is 6.03. The van der Waals surface area contributed by atoms with Crippen LogP contribution in [0.15, 0.2) is 16.9 Å². The fourth-order valence-corrected chi connectivity index (χ4v) is 3.23. The first-order valence-corrected chi connectivity index (χ1v) is 9.75. The van der Waals surface area contributed by atoms with Crippen molar-refractivity contribution in [3.05, 3.63) is 39.6 Å². The average molecular weight is 463 g/mol. The largest absolute Gasteiger partial charge is 0.321 e. The van der Waals surface area contributed by atoms with E-state index >= 15 is 0 Å². The molecule has 0 spiro atoms. The fourth-order valence-electron chi connectivity index (χ4n) is 2.97. The molecule has 1 atom stereocenters. The second-order valence-corrected chi connectivity index (χ2v) is 7.64. The van der Waals surface area contributed by atoms with E-state index in [1.54, 1.807) is 36.6 Å². The Hall–Kier alpha value is -2.95. The van der Waals surface area contributed by atoms with Crippen LogP contribution in [0.2, 0.25) is 0 Å². The summed E-state index contributed by atoms with van der Waals surface area (Å²) < 4.78 is 5.59. The van der Waals surface area contributed by atoms with Crippen molar-refractivity contribution in [3.63, 3.8) is 0 Å². The number of aryl methyl sites for hydroxylation is 3. The number of amides is 2. The van der Waals surface area contributed by atoms with E-state index in [4.69, 9.17) is 0 Å². The van der Waals surface area contributed by atoms with E-state index in [1.807, 2.05) is 20.8 Å². The van der Waals surface area contributed by atoms with Gasteiger partial charge in [-0.25, -0.2) is 0 Å². The van der Waals surface area contributed by atoms with Gasteiger partial charge in [0.25, 0.3) is 5.91 Å². The summed E-state index contributed by atoms with van der Waals surface area (Å²) in [7, 11) is 3.43. The van der Waals surface area contributed by atoms with E-state index in [-0.39, 0.29) is 11.6 Å². The van der Waals surface area contributed by atoms with Gasteiger partial charge >= 0.3 is 0 Å². The minimum atomic E-state index is -0.573. The van der Waals surface area contributed by atoms with Crippen LogP contribution in [-0.4, -0.2) is 41.2 Å². The minimum absolute atomic E-state index is 0.239. The van der Waals surface area contributed by atoms with E-state index in [0.29, 0.717) is 11.4 Å². The first-order valence-electron chi connectivity index (χ1n) is 8.95. The molecule has 0 radical (unpaired) electrons. The second kappa shape index (κ2) is 7.82. The van der Waals surface area contributed by atoms with Crippen LogP contribution in [0.1, 0.15) is 40.5 Å². The molecule has 1 unspecified atom stereocenters. The Morgan fingerprint density at radius 1 is 1.00 bits per heavy atom. The Bertz CT molecular complexity index is 1090. The molecule has 2 amide bonds. The van der Waals surface area contributed by atoms with Crippen molar-refractivity contribution in [1.82, 2.24) is 29.3 Å². The normalized spacial score (nSPS) is 12.1. The molecule has 0 aliphatic carbocycles. The number of anilines is 2. The quantitative estimate of drug-likeness (QED) is 0.604. The van der Waals surface area contributed by atoms with Crippen molar-refractivity contribution in [2.75, 3.05) is 10.6 Å². The van der Waals surface area contributed by atoms with Crippen LogP contribution in [0.5, 0.6) is 0 Å². The lowest BCUT2D eigenvalue weighted by molar-refractivity contribution is -0.119. The molecule has 3 rings (SSSR count). The smallest absolute Gasteiger partial charge is 0.276 e. The molecule has 3 aromatic heterocycles. The molecular formula is C18H23BrN8O2. The van der Waals surface area contributed by atoms with Crippen LogP contribution in [0.3, 0.4) is 0 Å². The maximum Gasteiger partial charge on any atom is 0.276 e. The summed E-state index contributed by atoms with van der Waals surface area (Å²) in [5.74, 6) is -0.694. The van der Waals surface area contributed by atoms with E-state index in [0.717, 1.165) is 21.6 Å². The molecule has 10 nitrogen and oxygen atoms in total. The van der Waals surface area contributed by atoms with Gasteiger partial charge in [-0.3, -0.25) is 23.6 Å². The van der Waals surface area contributed by atoms with Crippen molar-refractivity contribution in [2.45, 2.75) is 33.7 Å². The zero-order chi connectivity index (χ0) is 21.5. The third kappa shape index (κ3) is 3.82. The molecule has 29 heavy (non-hydrogen) atoms. The highest BCUT2D eigenvalue weighted by molar-refractivity contribution is 9.10. The van der Waals surface area contributed by atoms with Crippen LogP contribution in [-0.2, 0) is 18.9 Å². The summed E-state index contributed by atoms with van der Waals surface area (Å²) in [6.07, 6.45) is 3.03. The lowest BCUT2D eigenvalue weighted by atomic mass is 10.2. The first-order chi connectivity index (χ1) is 13.6. The lowest BCUT2D eigenvalue weighted by Crippen LogP contribution is -2.27. The third-order valence-electron chi connectivity index (χ3n) is 4.88. The topological polar surface area (TPSA) is 112 Å². The zero-order valence-corrected chi connectivity index (χ0v) is 18.7. The highest BCUT2D eigenvalue weighted by Crippen LogP contribution is 2.24. The van der Waals surface area contributed by atoms with Crippen molar-refractivity contribution in [2.24, 2.45) is 14.1 Å². The van der Waals surface area contributed by atoms with Crippen LogP contribution in [0, 0.1) is 20.8 Å². The Kier molecular flexibility index (Phi) is 5.60. The molecule has 0 aliphatic heterocycles. The molecule has 3 aromatic rings. The van der Waals surface area contributed by atoms with Gasteiger partial charge in [0.2, 0.25) is 5.91 Å². The number of nitrogens with zero attached hydrogens (tertiary/aromatic N) is 6. The molecular weight excluding hydrogens is 440 g/mol. The number of carbonyl (C=O) groups excluding carboxylic acids is 2. The van der Waals surface area contributed by atoms with Crippen LogP contribution in [0.4, 0.5) is 11.4 Å². The minimum Gasteiger partial charge on any atom is -0.321 e. The van der Waals surface area contributed by atoms with E-state index < -0.39 is 11.9 Å². The number of aromatic nitrogens is 6. The van der Waals surface area contributed by atoms with Gasteiger partial charge in [0.15, 0.2) is 0 Å². The molecule has 3 heterocycles. The summed E-state index contributed by atoms with van der Waals surface area (Å²) in [4.78, 5) is 25.6. The lowest BCUT2D eigenvalue weighted by Gasteiger charge is -2.15. The Labute approximate surface area is 176 Å². The summed E-state index contributed by atoms with van der Waals surface area (Å²) in [5.41, 5.74) is 3.62. The molecule has 0 aromatic carbocycles. The van der Waals surface area contributed by atoms with Gasteiger partial charge in [0, 0.05) is 14.1 Å². The summed E-state index contributed by atoms with van der Waals surface area (Å²) in [6, 6.07) is -0.573. The molecule has 154 valence electrons. The molecule has 0 saturated heterocycles. The zero-order valence-electron chi connectivity index (χ0n) is 17.1. The van der Waals surface area contributed by atoms with Crippen LogP contribution >= 0.6 is 15.9 Å². The number of carbonyl (C=O) groups is 2. The van der Waals surface area contributed by atoms with Gasteiger partial charge in [0.05, 0.1) is 45.3 Å². The Balaban J connectivity index is 1.81. The monoisotopic (exact) mass is 462 g/mol. The highest BCUT2D eigenvalue weighted by atomic mass is 79.9. The standard InChI is InChI=1S/C18H23BrN8O2/c1-9-15(19)11(3)27(24-9)12(4)17(28)23-14-8-21-26(6)16(14)18(29)22-13-7-20-25(5)10(13)2/h7-8,12H,1-6H3,(H,22,29)(H,23,28). The van der Waals surface area contributed by atoms with Gasteiger partial charge in [0.1, 0.15) is 11.7 Å². The van der Waals surface area contributed by atoms with E-state index in [2.05, 4.69) is 41.9 Å². The summed E-state index contributed by atoms with van der Waals surface area (Å²) in [6.45, 7) is 7.34. The number of hydrogen-bond acceptors (Lipinski definition) is 5. The molecule has 0 aliphatic rings. The van der Waals surface area contributed by atoms with Crippen molar-refractivity contribution < 1.29 is 9.59 Å². The van der Waals surface area contributed by atoms with Gasteiger partial charge in [-0.2, -0.15) is 15.3 Å². The molecule has 2 N–H and O–H groups in total. The predicted molar refractivity (Wildman–Crippen MR) is 112 cm³/mol. The predicted octanol–water partition coefficient (Wildman–Crippen LogP) is 2.49. The maximum absolute atomic E-state index is 12.8.